The molecular weight excluding hydrogens is 471 g/mol. The van der Waals surface area contributed by atoms with Crippen LogP contribution in [0.1, 0.15) is 48.9 Å². The maximum Gasteiger partial charge on any atom is 0.303 e. The Balaban J connectivity index is 0.00000342. The van der Waals surface area contributed by atoms with E-state index in [1.54, 1.807) is 6.07 Å². The van der Waals surface area contributed by atoms with Crippen molar-refractivity contribution in [3.05, 3.63) is 52.6 Å². The molecule has 1 aliphatic rings. The largest absolute Gasteiger partial charge is 0.490 e. The van der Waals surface area contributed by atoms with Crippen LogP contribution in [0.25, 0.3) is 21.1 Å². The third-order valence-corrected chi connectivity index (χ3v) is 7.00. The monoisotopic (exact) mass is 499 g/mol. The van der Waals surface area contributed by atoms with Crippen molar-refractivity contribution in [3.8, 4) is 33.0 Å². The molecule has 0 bridgehead atoms. The van der Waals surface area contributed by atoms with E-state index >= 15 is 0 Å². The van der Waals surface area contributed by atoms with E-state index in [0.29, 0.717) is 17.7 Å². The van der Waals surface area contributed by atoms with E-state index in [1.807, 2.05) is 26.0 Å². The first kappa shape index (κ1) is 27.3. The minimum atomic E-state index is -0.738. The van der Waals surface area contributed by atoms with Crippen LogP contribution >= 0.6 is 11.3 Å². The summed E-state index contributed by atoms with van der Waals surface area (Å²) < 4.78 is 5.73. The molecule has 9 heteroatoms. The number of hydrogen-bond acceptors (Lipinski definition) is 7. The topological polar surface area (TPSA) is 99.3 Å². The molecule has 0 unspecified atom stereocenters. The van der Waals surface area contributed by atoms with Gasteiger partial charge in [-0.2, -0.15) is 5.26 Å². The zero-order valence-electron chi connectivity index (χ0n) is 20.7. The van der Waals surface area contributed by atoms with Gasteiger partial charge in [0.25, 0.3) is 0 Å². The van der Waals surface area contributed by atoms with Gasteiger partial charge in [0, 0.05) is 60.2 Å². The van der Waals surface area contributed by atoms with Crippen LogP contribution in [-0.4, -0.2) is 74.9 Å². The van der Waals surface area contributed by atoms with E-state index < -0.39 is 5.97 Å². The maximum atomic E-state index is 10.8. The van der Waals surface area contributed by atoms with Crippen LogP contribution in [-0.2, 0) is 17.8 Å². The van der Waals surface area contributed by atoms with Gasteiger partial charge in [0.2, 0.25) is 0 Å². The molecule has 177 valence electrons. The van der Waals surface area contributed by atoms with Gasteiger partial charge >= 0.3 is 5.97 Å². The van der Waals surface area contributed by atoms with Crippen LogP contribution in [0.3, 0.4) is 0 Å². The normalized spacial score (nSPS) is 13.1. The smallest absolute Gasteiger partial charge is 0.303 e. The molecule has 1 aliphatic heterocycles. The summed E-state index contributed by atoms with van der Waals surface area (Å²) in [5, 5.41) is 28.9. The van der Waals surface area contributed by atoms with Crippen LogP contribution in [0.4, 0.5) is 0 Å². The van der Waals surface area contributed by atoms with Crippen molar-refractivity contribution < 1.29 is 14.6 Å². The molecule has 1 N–H and O–H groups in total. The van der Waals surface area contributed by atoms with Gasteiger partial charge in [-0.1, -0.05) is 23.5 Å². The number of aromatic nitrogens is 2. The molecule has 0 amide bonds. The van der Waals surface area contributed by atoms with Crippen LogP contribution in [0, 0.1) is 18.3 Å². The van der Waals surface area contributed by atoms with Crippen LogP contribution in [0.2, 0.25) is 0 Å². The molecule has 0 spiro atoms. The molecule has 0 fully saturated rings. The third-order valence-electron chi connectivity index (χ3n) is 6.00. The Hall–Kier alpha value is -2.28. The van der Waals surface area contributed by atoms with Crippen LogP contribution < -0.4 is 4.74 Å². The second-order valence-corrected chi connectivity index (χ2v) is 9.78. The molecule has 0 atom stereocenters. The van der Waals surface area contributed by atoms with Crippen LogP contribution in [0.15, 0.2) is 30.3 Å². The Kier molecular flexibility index (Phi) is 9.45. The van der Waals surface area contributed by atoms with Gasteiger partial charge < -0.3 is 9.84 Å². The van der Waals surface area contributed by atoms with Gasteiger partial charge in [0.05, 0.1) is 11.7 Å². The van der Waals surface area contributed by atoms with Gasteiger partial charge in [0.1, 0.15) is 21.8 Å². The Morgan fingerprint density at radius 2 is 2.03 bits per heavy atom. The molecule has 4 rings (SSSR count). The minimum absolute atomic E-state index is 0. The van der Waals surface area contributed by atoms with Gasteiger partial charge in [0.15, 0.2) is 0 Å². The van der Waals surface area contributed by atoms with E-state index in [-0.39, 0.29) is 42.1 Å². The number of nitrogens with zero attached hydrogens (tertiary/aromatic N) is 4. The molecule has 1 radical (unpaired) electrons. The number of aliphatic carboxylic acids is 1. The summed E-state index contributed by atoms with van der Waals surface area (Å²) in [5.74, 6) is -0.161. The second-order valence-electron chi connectivity index (χ2n) is 8.80. The Morgan fingerprint density at radius 3 is 2.74 bits per heavy atom. The number of carboxylic acids is 1. The number of benzene rings is 2. The number of rotatable bonds is 8. The number of fused-ring (bicyclic) bond motifs is 1. The summed E-state index contributed by atoms with van der Waals surface area (Å²) in [5.41, 5.74) is 6.30. The van der Waals surface area contributed by atoms with Gasteiger partial charge in [-0.15, -0.1) is 10.2 Å². The summed E-state index contributed by atoms with van der Waals surface area (Å²) in [7, 11) is 0. The average molecular weight is 500 g/mol. The molecule has 0 saturated carbocycles. The third kappa shape index (κ3) is 6.49. The van der Waals surface area contributed by atoms with Gasteiger partial charge in [-0.05, 0) is 75.0 Å². The van der Waals surface area contributed by atoms with Crippen molar-refractivity contribution in [2.45, 2.75) is 52.7 Å². The standard InChI is InChI=1S/C26H28N4O3S.Na/c1-16(2)33-23-9-7-18(13-20(23)14-27)25-28-29-26(34-25)22-8-6-19-15-30(11-4-5-24(31)32)12-10-21(19)17(22)3;/h6-9,13,16H,4-5,10-12,15H2,1-3H3,(H,31,32);. The molecule has 1 aromatic heterocycles. The summed E-state index contributed by atoms with van der Waals surface area (Å²) >= 11 is 1.52. The first-order valence-corrected chi connectivity index (χ1v) is 12.3. The number of ether oxygens (including phenoxy) is 1. The number of hydrogen-bond donors (Lipinski definition) is 1. The fourth-order valence-electron chi connectivity index (χ4n) is 4.33. The summed E-state index contributed by atoms with van der Waals surface area (Å²) in [6, 6.07) is 12.0. The number of carboxylic acid groups (broad SMARTS) is 1. The molecule has 2 aromatic carbocycles. The molecule has 35 heavy (non-hydrogen) atoms. The first-order chi connectivity index (χ1) is 16.4. The predicted molar refractivity (Wildman–Crippen MR) is 138 cm³/mol. The zero-order valence-corrected chi connectivity index (χ0v) is 23.5. The fraction of sp³-hybridized carbons (Fsp3) is 0.385. The van der Waals surface area contributed by atoms with E-state index in [2.05, 4.69) is 40.2 Å². The van der Waals surface area contributed by atoms with E-state index in [1.165, 1.54) is 28.0 Å². The van der Waals surface area contributed by atoms with Crippen molar-refractivity contribution in [1.29, 1.82) is 5.26 Å². The molecule has 7 nitrogen and oxygen atoms in total. The maximum absolute atomic E-state index is 10.8. The van der Waals surface area contributed by atoms with Gasteiger partial charge in [-0.3, -0.25) is 9.69 Å². The molecule has 3 aromatic rings. The van der Waals surface area contributed by atoms with E-state index in [9.17, 15) is 10.1 Å². The summed E-state index contributed by atoms with van der Waals surface area (Å²) in [6.45, 7) is 8.59. The molecular formula is C26H28N4NaO3S. The summed E-state index contributed by atoms with van der Waals surface area (Å²) in [4.78, 5) is 13.1. The molecule has 2 heterocycles. The van der Waals surface area contributed by atoms with Crippen molar-refractivity contribution in [1.82, 2.24) is 15.1 Å². The Morgan fingerprint density at radius 1 is 1.26 bits per heavy atom. The molecule has 0 saturated heterocycles. The number of carbonyl (C=O) groups is 1. The number of nitriles is 1. The quantitative estimate of drug-likeness (QED) is 0.449. The average Bonchev–Trinajstić information content (AvgIpc) is 3.29. The molecule has 0 aliphatic carbocycles. The van der Waals surface area contributed by atoms with E-state index in [4.69, 9.17) is 9.84 Å². The van der Waals surface area contributed by atoms with Crippen molar-refractivity contribution in [2.75, 3.05) is 13.1 Å². The van der Waals surface area contributed by atoms with Crippen molar-refractivity contribution >= 4 is 46.9 Å². The van der Waals surface area contributed by atoms with Gasteiger partial charge in [-0.25, -0.2) is 0 Å². The van der Waals surface area contributed by atoms with Crippen molar-refractivity contribution in [3.63, 3.8) is 0 Å². The SMILES string of the molecule is Cc1c(-c2nnc(-c3ccc(OC(C)C)c(C#N)c3)s2)ccc2c1CCN(CCCC(=O)O)C2.[Na]. The zero-order chi connectivity index (χ0) is 24.2. The van der Waals surface area contributed by atoms with Crippen LogP contribution in [0.5, 0.6) is 5.75 Å². The second kappa shape index (κ2) is 12.1. The predicted octanol–water partition coefficient (Wildman–Crippen LogP) is 4.68. The Bertz CT molecular complexity index is 1250. The summed E-state index contributed by atoms with van der Waals surface area (Å²) in [6.07, 6.45) is 1.82. The fourth-order valence-corrected chi connectivity index (χ4v) is 5.25. The van der Waals surface area contributed by atoms with E-state index in [0.717, 1.165) is 47.2 Å². The first-order valence-electron chi connectivity index (χ1n) is 11.5. The minimum Gasteiger partial charge on any atom is -0.490 e. The van der Waals surface area contributed by atoms with Crippen molar-refractivity contribution in [2.24, 2.45) is 0 Å². The Labute approximate surface area is 232 Å².